The first kappa shape index (κ1) is 14.2. The van der Waals surface area contributed by atoms with Crippen LogP contribution in [0, 0.1) is 6.92 Å². The van der Waals surface area contributed by atoms with Crippen LogP contribution in [0.4, 0.5) is 11.8 Å². The number of nitrogens with zero attached hydrogens (tertiary/aromatic N) is 3. The number of anilines is 2. The molecule has 0 saturated heterocycles. The lowest BCUT2D eigenvalue weighted by Crippen LogP contribution is -2.39. The van der Waals surface area contributed by atoms with Crippen LogP contribution in [0.5, 0.6) is 0 Å². The Morgan fingerprint density at radius 3 is 2.72 bits per heavy atom. The fourth-order valence-electron chi connectivity index (χ4n) is 1.60. The molecule has 6 heteroatoms. The maximum absolute atomic E-state index is 11.7. The average molecular weight is 251 g/mol. The highest BCUT2D eigenvalue weighted by Gasteiger charge is 2.12. The van der Waals surface area contributed by atoms with Gasteiger partial charge in [0.05, 0.1) is 6.54 Å². The van der Waals surface area contributed by atoms with E-state index < -0.39 is 0 Å². The third-order valence-corrected chi connectivity index (χ3v) is 2.36. The van der Waals surface area contributed by atoms with Crippen LogP contribution in [-0.4, -0.2) is 42.6 Å². The van der Waals surface area contributed by atoms with E-state index in [9.17, 15) is 4.79 Å². The van der Waals surface area contributed by atoms with Crippen molar-refractivity contribution < 1.29 is 4.79 Å². The van der Waals surface area contributed by atoms with E-state index in [1.807, 2.05) is 32.7 Å². The third-order valence-electron chi connectivity index (χ3n) is 2.36. The van der Waals surface area contributed by atoms with Gasteiger partial charge in [0.1, 0.15) is 5.82 Å². The summed E-state index contributed by atoms with van der Waals surface area (Å²) < 4.78 is 0. The number of rotatable bonds is 5. The van der Waals surface area contributed by atoms with Gasteiger partial charge in [-0.2, -0.15) is 4.98 Å². The molecule has 6 nitrogen and oxygen atoms in total. The Labute approximate surface area is 108 Å². The second kappa shape index (κ2) is 6.18. The minimum atomic E-state index is -0.0171. The summed E-state index contributed by atoms with van der Waals surface area (Å²) in [6.45, 7) is 6.07. The van der Waals surface area contributed by atoms with Crippen LogP contribution in [0.2, 0.25) is 0 Å². The highest BCUT2D eigenvalue weighted by atomic mass is 16.2. The number of hydrogen-bond acceptors (Lipinski definition) is 5. The van der Waals surface area contributed by atoms with Gasteiger partial charge in [-0.05, 0) is 20.8 Å². The Kier molecular flexibility index (Phi) is 4.88. The van der Waals surface area contributed by atoms with Gasteiger partial charge in [0.2, 0.25) is 11.9 Å². The topological polar surface area (TPSA) is 70.2 Å². The van der Waals surface area contributed by atoms with Crippen LogP contribution in [0.1, 0.15) is 19.4 Å². The van der Waals surface area contributed by atoms with Gasteiger partial charge in [-0.25, -0.2) is 4.98 Å². The highest BCUT2D eigenvalue weighted by Crippen LogP contribution is 2.15. The summed E-state index contributed by atoms with van der Waals surface area (Å²) in [6.07, 6.45) is 1.74. The van der Waals surface area contributed by atoms with Crippen LogP contribution in [-0.2, 0) is 4.79 Å². The molecule has 0 saturated carbocycles. The van der Waals surface area contributed by atoms with Crippen molar-refractivity contribution in [3.8, 4) is 0 Å². The average Bonchev–Trinajstić information content (AvgIpc) is 2.28. The van der Waals surface area contributed by atoms with E-state index in [-0.39, 0.29) is 18.5 Å². The molecule has 0 bridgehead atoms. The Balaban J connectivity index is 2.77. The van der Waals surface area contributed by atoms with E-state index in [1.54, 1.807) is 13.2 Å². The molecule has 1 aromatic heterocycles. The van der Waals surface area contributed by atoms with E-state index in [2.05, 4.69) is 20.6 Å². The van der Waals surface area contributed by atoms with E-state index in [0.29, 0.717) is 5.95 Å². The number of hydrogen-bond donors (Lipinski definition) is 2. The number of likely N-dealkylation sites (N-methyl/N-ethyl adjacent to an activating group) is 1. The molecule has 0 fully saturated rings. The molecule has 1 aromatic rings. The van der Waals surface area contributed by atoms with Gasteiger partial charge in [0.25, 0.3) is 0 Å². The maximum Gasteiger partial charge on any atom is 0.239 e. The maximum atomic E-state index is 11.7. The number of aryl methyl sites for hydroxylation is 1. The second-order valence-corrected chi connectivity index (χ2v) is 4.53. The predicted molar refractivity (Wildman–Crippen MR) is 72.9 cm³/mol. The number of aromatic nitrogens is 2. The molecule has 0 unspecified atom stereocenters. The largest absolute Gasteiger partial charge is 0.357 e. The lowest BCUT2D eigenvalue weighted by atomic mass is 10.3. The molecule has 2 N–H and O–H groups in total. The Morgan fingerprint density at radius 2 is 2.17 bits per heavy atom. The molecule has 1 rings (SSSR count). The molecule has 0 atom stereocenters. The highest BCUT2D eigenvalue weighted by molar-refractivity contribution is 5.81. The Morgan fingerprint density at radius 1 is 1.50 bits per heavy atom. The smallest absolute Gasteiger partial charge is 0.239 e. The molecule has 0 aliphatic rings. The van der Waals surface area contributed by atoms with Gasteiger partial charge in [-0.15, -0.1) is 0 Å². The van der Waals surface area contributed by atoms with E-state index in [4.69, 9.17) is 0 Å². The fraction of sp³-hybridized carbons (Fsp3) is 0.583. The number of carbonyl (C=O) groups is 1. The number of amides is 1. The van der Waals surface area contributed by atoms with Gasteiger partial charge < -0.3 is 15.5 Å². The molecule has 0 radical (unpaired) electrons. The van der Waals surface area contributed by atoms with E-state index in [0.717, 1.165) is 11.4 Å². The summed E-state index contributed by atoms with van der Waals surface area (Å²) in [4.78, 5) is 22.0. The van der Waals surface area contributed by atoms with Crippen LogP contribution in [0.3, 0.4) is 0 Å². The zero-order valence-corrected chi connectivity index (χ0v) is 11.6. The summed E-state index contributed by atoms with van der Waals surface area (Å²) in [6, 6.07) is 0.144. The Bertz CT molecular complexity index is 419. The van der Waals surface area contributed by atoms with Crippen molar-refractivity contribution in [2.75, 3.05) is 30.9 Å². The monoisotopic (exact) mass is 251 g/mol. The predicted octanol–water partition coefficient (Wildman–Crippen LogP) is 0.788. The minimum Gasteiger partial charge on any atom is -0.357 e. The number of nitrogens with one attached hydrogen (secondary N) is 2. The Hall–Kier alpha value is -1.85. The van der Waals surface area contributed by atoms with Gasteiger partial charge in [-0.1, -0.05) is 0 Å². The first-order valence-corrected chi connectivity index (χ1v) is 5.96. The fourth-order valence-corrected chi connectivity index (χ4v) is 1.60. The van der Waals surface area contributed by atoms with Crippen molar-refractivity contribution in [1.82, 2.24) is 15.3 Å². The molecular formula is C12H21N5O. The first-order valence-electron chi connectivity index (χ1n) is 5.96. The molecule has 0 aliphatic heterocycles. The van der Waals surface area contributed by atoms with Gasteiger partial charge in [0, 0.05) is 31.9 Å². The van der Waals surface area contributed by atoms with Crippen molar-refractivity contribution in [3.63, 3.8) is 0 Å². The van der Waals surface area contributed by atoms with Crippen LogP contribution in [0.15, 0.2) is 6.20 Å². The zero-order chi connectivity index (χ0) is 13.7. The minimum absolute atomic E-state index is 0.0171. The normalized spacial score (nSPS) is 10.3. The van der Waals surface area contributed by atoms with Crippen LogP contribution in [0.25, 0.3) is 0 Å². The lowest BCUT2D eigenvalue weighted by Gasteiger charge is -2.20. The van der Waals surface area contributed by atoms with Crippen molar-refractivity contribution in [1.29, 1.82) is 0 Å². The van der Waals surface area contributed by atoms with E-state index >= 15 is 0 Å². The van der Waals surface area contributed by atoms with Crippen molar-refractivity contribution in [2.24, 2.45) is 0 Å². The van der Waals surface area contributed by atoms with Crippen molar-refractivity contribution in [2.45, 2.75) is 26.8 Å². The van der Waals surface area contributed by atoms with Crippen molar-refractivity contribution in [3.05, 3.63) is 11.8 Å². The summed E-state index contributed by atoms with van der Waals surface area (Å²) >= 11 is 0. The van der Waals surface area contributed by atoms with Gasteiger partial charge in [-0.3, -0.25) is 4.79 Å². The number of carbonyl (C=O) groups excluding carboxylic acids is 1. The molecule has 0 spiro atoms. The standard InChI is InChI=1S/C12H21N5O/c1-8(2)15-10(18)7-17(5)11-9(3)6-14-12(13-4)16-11/h6,8H,7H2,1-5H3,(H,15,18)(H,13,14,16). The first-order chi connectivity index (χ1) is 8.43. The lowest BCUT2D eigenvalue weighted by molar-refractivity contribution is -0.120. The molecular weight excluding hydrogens is 230 g/mol. The van der Waals surface area contributed by atoms with Crippen LogP contribution >= 0.6 is 0 Å². The van der Waals surface area contributed by atoms with Gasteiger partial charge >= 0.3 is 0 Å². The summed E-state index contributed by atoms with van der Waals surface area (Å²) in [7, 11) is 3.61. The van der Waals surface area contributed by atoms with Crippen LogP contribution < -0.4 is 15.5 Å². The molecule has 0 aromatic carbocycles. The third kappa shape index (κ3) is 3.87. The summed E-state index contributed by atoms with van der Waals surface area (Å²) in [5.41, 5.74) is 0.939. The van der Waals surface area contributed by atoms with Crippen molar-refractivity contribution >= 4 is 17.7 Å². The van der Waals surface area contributed by atoms with E-state index in [1.165, 1.54) is 0 Å². The molecule has 1 heterocycles. The molecule has 100 valence electrons. The molecule has 18 heavy (non-hydrogen) atoms. The summed E-state index contributed by atoms with van der Waals surface area (Å²) in [5, 5.41) is 5.74. The zero-order valence-electron chi connectivity index (χ0n) is 11.6. The summed E-state index contributed by atoms with van der Waals surface area (Å²) in [5.74, 6) is 1.29. The van der Waals surface area contributed by atoms with Gasteiger partial charge in [0.15, 0.2) is 0 Å². The SMILES string of the molecule is CNc1ncc(C)c(N(C)CC(=O)NC(C)C)n1. The molecule has 1 amide bonds. The quantitative estimate of drug-likeness (QED) is 0.809. The second-order valence-electron chi connectivity index (χ2n) is 4.53. The molecule has 0 aliphatic carbocycles.